The number of alkyl halides is 3. The summed E-state index contributed by atoms with van der Waals surface area (Å²) in [6.45, 7) is 2.26. The third kappa shape index (κ3) is 2.75. The lowest BCUT2D eigenvalue weighted by Crippen LogP contribution is -2.24. The molecule has 0 aliphatic carbocycles. The molecule has 0 aromatic heterocycles. The van der Waals surface area contributed by atoms with Gasteiger partial charge in [0.1, 0.15) is 0 Å². The van der Waals surface area contributed by atoms with Crippen LogP contribution in [-0.2, 0) is 4.79 Å². The normalized spacial score (nSPS) is 16.2. The van der Waals surface area contributed by atoms with Gasteiger partial charge in [0, 0.05) is 13.0 Å². The predicted octanol–water partition coefficient (Wildman–Crippen LogP) is 2.67. The molecular formula is C12H12F3NO2. The molecule has 1 aromatic rings. The number of anilines is 1. The van der Waals surface area contributed by atoms with Crippen LogP contribution in [0.2, 0.25) is 0 Å². The maximum Gasteiger partial charge on any atom is 0.573 e. The Labute approximate surface area is 102 Å². The monoisotopic (exact) mass is 259 g/mol. The second-order valence-electron chi connectivity index (χ2n) is 4.18. The number of halogens is 3. The van der Waals surface area contributed by atoms with Crippen LogP contribution >= 0.6 is 0 Å². The van der Waals surface area contributed by atoms with Gasteiger partial charge in [-0.25, -0.2) is 0 Å². The molecule has 1 saturated heterocycles. The van der Waals surface area contributed by atoms with Crippen LogP contribution in [0.5, 0.6) is 5.75 Å². The molecule has 1 aromatic carbocycles. The molecule has 18 heavy (non-hydrogen) atoms. The van der Waals surface area contributed by atoms with Crippen LogP contribution < -0.4 is 9.64 Å². The van der Waals surface area contributed by atoms with Crippen LogP contribution in [0.4, 0.5) is 18.9 Å². The van der Waals surface area contributed by atoms with Gasteiger partial charge in [-0.3, -0.25) is 4.79 Å². The second-order valence-corrected chi connectivity index (χ2v) is 4.18. The molecule has 0 bridgehead atoms. The number of ether oxygens (including phenoxy) is 1. The molecule has 0 amide bonds. The minimum atomic E-state index is -4.73. The summed E-state index contributed by atoms with van der Waals surface area (Å²) in [6, 6.07) is 4.46. The second kappa shape index (κ2) is 4.51. The molecule has 2 rings (SSSR count). The summed E-state index contributed by atoms with van der Waals surface area (Å²) in [4.78, 5) is 12.9. The van der Waals surface area contributed by atoms with Crippen LogP contribution in [0.25, 0.3) is 0 Å². The van der Waals surface area contributed by atoms with Crippen molar-refractivity contribution in [3.63, 3.8) is 0 Å². The molecule has 98 valence electrons. The van der Waals surface area contributed by atoms with Crippen molar-refractivity contribution in [3.8, 4) is 5.75 Å². The first-order chi connectivity index (χ1) is 8.37. The molecule has 0 saturated carbocycles. The number of benzene rings is 1. The van der Waals surface area contributed by atoms with Gasteiger partial charge >= 0.3 is 6.36 Å². The number of rotatable bonds is 2. The summed E-state index contributed by atoms with van der Waals surface area (Å²) in [5.74, 6) is -0.228. The number of ketones is 1. The van der Waals surface area contributed by atoms with Crippen molar-refractivity contribution in [1.29, 1.82) is 0 Å². The van der Waals surface area contributed by atoms with Gasteiger partial charge in [-0.1, -0.05) is 12.1 Å². The molecule has 0 unspecified atom stereocenters. The minimum Gasteiger partial charge on any atom is -0.404 e. The van der Waals surface area contributed by atoms with Gasteiger partial charge in [-0.05, 0) is 18.6 Å². The Morgan fingerprint density at radius 3 is 2.61 bits per heavy atom. The lowest BCUT2D eigenvalue weighted by Gasteiger charge is -2.23. The lowest BCUT2D eigenvalue weighted by molar-refractivity contribution is -0.274. The number of hydrogen-bond donors (Lipinski definition) is 0. The Hall–Kier alpha value is -1.72. The van der Waals surface area contributed by atoms with Crippen molar-refractivity contribution in [2.24, 2.45) is 0 Å². The third-order valence-corrected chi connectivity index (χ3v) is 2.77. The Morgan fingerprint density at radius 2 is 2.06 bits per heavy atom. The fourth-order valence-corrected chi connectivity index (χ4v) is 2.07. The van der Waals surface area contributed by atoms with E-state index in [9.17, 15) is 18.0 Å². The first-order valence-electron chi connectivity index (χ1n) is 5.49. The molecule has 1 aliphatic rings. The van der Waals surface area contributed by atoms with E-state index in [1.807, 2.05) is 0 Å². The summed E-state index contributed by atoms with van der Waals surface area (Å²) in [6.07, 6.45) is -4.37. The maximum atomic E-state index is 12.3. The van der Waals surface area contributed by atoms with E-state index in [2.05, 4.69) is 4.74 Å². The first-order valence-corrected chi connectivity index (χ1v) is 5.49. The van der Waals surface area contributed by atoms with Crippen molar-refractivity contribution < 1.29 is 22.7 Å². The van der Waals surface area contributed by atoms with Gasteiger partial charge in [0.2, 0.25) is 0 Å². The maximum absolute atomic E-state index is 12.3. The zero-order chi connectivity index (χ0) is 13.3. The largest absolute Gasteiger partial charge is 0.573 e. The molecule has 1 fully saturated rings. The zero-order valence-electron chi connectivity index (χ0n) is 9.75. The molecule has 1 aliphatic heterocycles. The molecular weight excluding hydrogens is 247 g/mol. The molecule has 0 radical (unpaired) electrons. The average molecular weight is 259 g/mol. The Balaban J connectivity index is 2.35. The van der Waals surface area contributed by atoms with Gasteiger partial charge in [-0.2, -0.15) is 0 Å². The van der Waals surface area contributed by atoms with Crippen molar-refractivity contribution in [2.75, 3.05) is 18.0 Å². The van der Waals surface area contributed by atoms with Crippen LogP contribution in [0.3, 0.4) is 0 Å². The third-order valence-electron chi connectivity index (χ3n) is 2.77. The van der Waals surface area contributed by atoms with Gasteiger partial charge in [0.25, 0.3) is 0 Å². The highest BCUT2D eigenvalue weighted by atomic mass is 19.4. The summed E-state index contributed by atoms with van der Waals surface area (Å²) < 4.78 is 40.9. The predicted molar refractivity (Wildman–Crippen MR) is 59.7 cm³/mol. The fourth-order valence-electron chi connectivity index (χ4n) is 2.07. The summed E-state index contributed by atoms with van der Waals surface area (Å²) in [7, 11) is 0. The number of aryl methyl sites for hydroxylation is 1. The number of para-hydroxylation sites is 1. The van der Waals surface area contributed by atoms with Crippen LogP contribution in [0, 0.1) is 6.92 Å². The first kappa shape index (κ1) is 12.7. The van der Waals surface area contributed by atoms with E-state index in [1.165, 1.54) is 12.1 Å². The fraction of sp³-hybridized carbons (Fsp3) is 0.417. The van der Waals surface area contributed by atoms with E-state index in [1.54, 1.807) is 17.9 Å². The summed E-state index contributed by atoms with van der Waals surface area (Å²) in [5, 5.41) is 0. The van der Waals surface area contributed by atoms with E-state index in [0.717, 1.165) is 0 Å². The SMILES string of the molecule is Cc1cccc(OC(F)(F)F)c1N1CCC(=O)C1. The highest BCUT2D eigenvalue weighted by molar-refractivity contribution is 5.88. The van der Waals surface area contributed by atoms with E-state index in [0.29, 0.717) is 24.2 Å². The van der Waals surface area contributed by atoms with E-state index >= 15 is 0 Å². The highest BCUT2D eigenvalue weighted by Gasteiger charge is 2.34. The van der Waals surface area contributed by atoms with E-state index in [4.69, 9.17) is 0 Å². The zero-order valence-corrected chi connectivity index (χ0v) is 9.75. The van der Waals surface area contributed by atoms with Crippen molar-refractivity contribution >= 4 is 11.5 Å². The molecule has 3 nitrogen and oxygen atoms in total. The molecule has 0 N–H and O–H groups in total. The van der Waals surface area contributed by atoms with Crippen LogP contribution in [-0.4, -0.2) is 25.2 Å². The molecule has 0 atom stereocenters. The van der Waals surface area contributed by atoms with Crippen molar-refractivity contribution in [1.82, 2.24) is 0 Å². The number of Topliss-reactive ketones (excluding diaryl/α,β-unsaturated/α-hetero) is 1. The molecule has 0 spiro atoms. The van der Waals surface area contributed by atoms with Gasteiger partial charge < -0.3 is 9.64 Å². The van der Waals surface area contributed by atoms with Crippen LogP contribution in [0.15, 0.2) is 18.2 Å². The lowest BCUT2D eigenvalue weighted by atomic mass is 10.1. The Morgan fingerprint density at radius 1 is 1.33 bits per heavy atom. The molecule has 6 heteroatoms. The van der Waals surface area contributed by atoms with E-state index < -0.39 is 6.36 Å². The van der Waals surface area contributed by atoms with Crippen LogP contribution in [0.1, 0.15) is 12.0 Å². The summed E-state index contributed by atoms with van der Waals surface area (Å²) in [5.41, 5.74) is 1.01. The van der Waals surface area contributed by atoms with E-state index in [-0.39, 0.29) is 18.1 Å². The molecule has 1 heterocycles. The average Bonchev–Trinajstić information content (AvgIpc) is 2.62. The van der Waals surface area contributed by atoms with Gasteiger partial charge in [0.15, 0.2) is 11.5 Å². The summed E-state index contributed by atoms with van der Waals surface area (Å²) >= 11 is 0. The number of carbonyl (C=O) groups excluding carboxylic acids is 1. The smallest absolute Gasteiger partial charge is 0.404 e. The van der Waals surface area contributed by atoms with Gasteiger partial charge in [0.05, 0.1) is 12.2 Å². The van der Waals surface area contributed by atoms with Gasteiger partial charge in [-0.15, -0.1) is 13.2 Å². The number of carbonyl (C=O) groups is 1. The Kier molecular flexibility index (Phi) is 3.19. The topological polar surface area (TPSA) is 29.5 Å². The van der Waals surface area contributed by atoms with Crippen molar-refractivity contribution in [3.05, 3.63) is 23.8 Å². The standard InChI is InChI=1S/C12H12F3NO2/c1-8-3-2-4-10(18-12(13,14)15)11(8)16-6-5-9(17)7-16/h2-4H,5-7H2,1H3. The van der Waals surface area contributed by atoms with Crippen molar-refractivity contribution in [2.45, 2.75) is 19.7 Å². The number of hydrogen-bond acceptors (Lipinski definition) is 3. The highest BCUT2D eigenvalue weighted by Crippen LogP contribution is 2.36. The minimum absolute atomic E-state index is 0.0243. The quantitative estimate of drug-likeness (QED) is 0.817. The number of nitrogens with zero attached hydrogens (tertiary/aromatic N) is 1. The Bertz CT molecular complexity index is 471.